The first-order chi connectivity index (χ1) is 8.86. The summed E-state index contributed by atoms with van der Waals surface area (Å²) < 4.78 is 37.0. The van der Waals surface area contributed by atoms with E-state index in [2.05, 4.69) is 15.5 Å². The van der Waals surface area contributed by atoms with Crippen LogP contribution in [-0.4, -0.2) is 20.9 Å². The van der Waals surface area contributed by atoms with Crippen molar-refractivity contribution < 1.29 is 18.0 Å². The van der Waals surface area contributed by atoms with Gasteiger partial charge in [0.25, 0.3) is 5.91 Å². The minimum Gasteiger partial charge on any atom is -0.321 e. The van der Waals surface area contributed by atoms with E-state index in [-0.39, 0.29) is 11.4 Å². The lowest BCUT2D eigenvalue weighted by Gasteiger charge is -2.07. The molecule has 1 N–H and O–H groups in total. The number of hydrogen-bond acceptors (Lipinski definition) is 3. The van der Waals surface area contributed by atoms with Crippen LogP contribution in [-0.2, 0) is 13.2 Å². The van der Waals surface area contributed by atoms with Crippen molar-refractivity contribution in [3.8, 4) is 0 Å². The highest BCUT2D eigenvalue weighted by atomic mass is 19.4. The zero-order valence-corrected chi connectivity index (χ0v) is 9.77. The number of rotatable bonds is 2. The van der Waals surface area contributed by atoms with E-state index in [4.69, 9.17) is 0 Å². The predicted molar refractivity (Wildman–Crippen MR) is 60.4 cm³/mol. The second kappa shape index (κ2) is 4.71. The first-order valence-corrected chi connectivity index (χ1v) is 5.21. The normalized spacial score (nSPS) is 11.4. The Balaban J connectivity index is 2.10. The maximum absolute atomic E-state index is 12.3. The fourth-order valence-corrected chi connectivity index (χ4v) is 1.39. The van der Waals surface area contributed by atoms with Crippen molar-refractivity contribution in [1.82, 2.24) is 15.0 Å². The third-order valence-electron chi connectivity index (χ3n) is 2.30. The molecule has 5 nitrogen and oxygen atoms in total. The minimum absolute atomic E-state index is 0.0856. The molecule has 0 radical (unpaired) electrons. The van der Waals surface area contributed by atoms with E-state index >= 15 is 0 Å². The maximum atomic E-state index is 12.3. The number of carbonyl (C=O) groups excluding carboxylic acids is 1. The van der Waals surface area contributed by atoms with Gasteiger partial charge in [0, 0.05) is 12.7 Å². The summed E-state index contributed by atoms with van der Waals surface area (Å²) in [5.74, 6) is -0.534. The van der Waals surface area contributed by atoms with Gasteiger partial charge in [-0.05, 0) is 24.3 Å². The van der Waals surface area contributed by atoms with Gasteiger partial charge < -0.3 is 5.32 Å². The van der Waals surface area contributed by atoms with Crippen LogP contribution < -0.4 is 5.32 Å². The summed E-state index contributed by atoms with van der Waals surface area (Å²) in [5.41, 5.74) is -0.434. The van der Waals surface area contributed by atoms with Crippen LogP contribution in [0, 0.1) is 0 Å². The molecular formula is C11H9F3N4O. The Morgan fingerprint density at radius 2 is 1.89 bits per heavy atom. The van der Waals surface area contributed by atoms with Gasteiger partial charge in [-0.25, -0.2) is 0 Å². The second-order valence-electron chi connectivity index (χ2n) is 3.75. The zero-order valence-electron chi connectivity index (χ0n) is 9.77. The highest BCUT2D eigenvalue weighted by Crippen LogP contribution is 2.29. The molecule has 1 amide bonds. The van der Waals surface area contributed by atoms with Crippen molar-refractivity contribution in [2.24, 2.45) is 7.05 Å². The molecule has 0 saturated heterocycles. The van der Waals surface area contributed by atoms with E-state index in [1.165, 1.54) is 23.1 Å². The lowest BCUT2D eigenvalue weighted by atomic mass is 10.2. The number of nitrogens with one attached hydrogen (secondary N) is 1. The third kappa shape index (κ3) is 3.09. The SMILES string of the molecule is Cn1ncc(C(=O)Nc2ccc(C(F)(F)F)cc2)n1. The van der Waals surface area contributed by atoms with Gasteiger partial charge in [0.1, 0.15) is 0 Å². The summed E-state index contributed by atoms with van der Waals surface area (Å²) >= 11 is 0. The first kappa shape index (κ1) is 13.1. The largest absolute Gasteiger partial charge is 0.416 e. The number of benzene rings is 1. The van der Waals surface area contributed by atoms with Crippen LogP contribution in [0.1, 0.15) is 16.1 Å². The van der Waals surface area contributed by atoms with Crippen LogP contribution in [0.25, 0.3) is 0 Å². The van der Waals surface area contributed by atoms with E-state index in [1.54, 1.807) is 7.05 Å². The highest BCUT2D eigenvalue weighted by Gasteiger charge is 2.30. The number of carbonyl (C=O) groups is 1. The number of hydrogen-bond donors (Lipinski definition) is 1. The van der Waals surface area contributed by atoms with Crippen LogP contribution in [0.2, 0.25) is 0 Å². The van der Waals surface area contributed by atoms with Gasteiger partial charge in [-0.15, -0.1) is 5.10 Å². The number of nitrogens with zero attached hydrogens (tertiary/aromatic N) is 3. The van der Waals surface area contributed by atoms with Gasteiger partial charge in [0.2, 0.25) is 0 Å². The summed E-state index contributed by atoms with van der Waals surface area (Å²) in [5, 5.41) is 9.93. The molecule has 0 aliphatic heterocycles. The molecule has 1 aromatic carbocycles. The van der Waals surface area contributed by atoms with E-state index in [0.717, 1.165) is 12.1 Å². The van der Waals surface area contributed by atoms with Crippen molar-refractivity contribution in [3.05, 3.63) is 41.7 Å². The summed E-state index contributed by atoms with van der Waals surface area (Å²) in [6, 6.07) is 4.15. The van der Waals surface area contributed by atoms with Crippen molar-refractivity contribution in [3.63, 3.8) is 0 Å². The molecule has 2 aromatic rings. The van der Waals surface area contributed by atoms with Crippen molar-refractivity contribution in [2.45, 2.75) is 6.18 Å². The average Bonchev–Trinajstić information content (AvgIpc) is 2.75. The summed E-state index contributed by atoms with van der Waals surface area (Å²) in [7, 11) is 1.55. The summed E-state index contributed by atoms with van der Waals surface area (Å²) in [6.45, 7) is 0. The first-order valence-electron chi connectivity index (χ1n) is 5.21. The smallest absolute Gasteiger partial charge is 0.321 e. The fraction of sp³-hybridized carbons (Fsp3) is 0.182. The van der Waals surface area contributed by atoms with E-state index in [1.807, 2.05) is 0 Å². The Bertz CT molecular complexity index is 589. The molecule has 0 spiro atoms. The Morgan fingerprint density at radius 3 is 2.37 bits per heavy atom. The van der Waals surface area contributed by atoms with Gasteiger partial charge in [-0.3, -0.25) is 4.79 Å². The van der Waals surface area contributed by atoms with Gasteiger partial charge in [0.05, 0.1) is 11.8 Å². The molecule has 100 valence electrons. The average molecular weight is 270 g/mol. The second-order valence-corrected chi connectivity index (χ2v) is 3.75. The molecular weight excluding hydrogens is 261 g/mol. The number of halogens is 3. The Labute approximate surface area is 106 Å². The zero-order chi connectivity index (χ0) is 14.0. The molecule has 1 aromatic heterocycles. The topological polar surface area (TPSA) is 59.8 Å². The number of anilines is 1. The molecule has 8 heteroatoms. The van der Waals surface area contributed by atoms with Crippen LogP contribution in [0.3, 0.4) is 0 Å². The van der Waals surface area contributed by atoms with Crippen molar-refractivity contribution in [2.75, 3.05) is 5.32 Å². The Morgan fingerprint density at radius 1 is 1.26 bits per heavy atom. The van der Waals surface area contributed by atoms with Gasteiger partial charge in [-0.2, -0.15) is 23.1 Å². The minimum atomic E-state index is -4.40. The Hall–Kier alpha value is -2.38. The monoisotopic (exact) mass is 270 g/mol. The standard InChI is InChI=1S/C11H9F3N4O/c1-18-15-6-9(17-18)10(19)16-8-4-2-7(3-5-8)11(12,13)14/h2-6H,1H3,(H,16,19). The molecule has 0 aliphatic carbocycles. The number of aromatic nitrogens is 3. The third-order valence-corrected chi connectivity index (χ3v) is 2.30. The van der Waals surface area contributed by atoms with Crippen molar-refractivity contribution >= 4 is 11.6 Å². The summed E-state index contributed by atoms with van der Waals surface area (Å²) in [4.78, 5) is 12.9. The lowest BCUT2D eigenvalue weighted by Crippen LogP contribution is -2.13. The molecule has 0 saturated carbocycles. The van der Waals surface area contributed by atoms with Crippen LogP contribution in [0.15, 0.2) is 30.5 Å². The number of aryl methyl sites for hydroxylation is 1. The molecule has 0 bridgehead atoms. The lowest BCUT2D eigenvalue weighted by molar-refractivity contribution is -0.137. The molecule has 0 aliphatic rings. The highest BCUT2D eigenvalue weighted by molar-refractivity contribution is 6.02. The van der Waals surface area contributed by atoms with Gasteiger partial charge in [-0.1, -0.05) is 0 Å². The molecule has 1 heterocycles. The fourth-order valence-electron chi connectivity index (χ4n) is 1.39. The number of alkyl halides is 3. The Kier molecular flexibility index (Phi) is 3.24. The molecule has 0 unspecified atom stereocenters. The molecule has 2 rings (SSSR count). The van der Waals surface area contributed by atoms with Crippen LogP contribution in [0.4, 0.5) is 18.9 Å². The molecule has 19 heavy (non-hydrogen) atoms. The number of amides is 1. The van der Waals surface area contributed by atoms with Crippen LogP contribution in [0.5, 0.6) is 0 Å². The van der Waals surface area contributed by atoms with Gasteiger partial charge in [0.15, 0.2) is 5.69 Å². The summed E-state index contributed by atoms with van der Waals surface area (Å²) in [6.07, 6.45) is -3.13. The predicted octanol–water partition coefficient (Wildman–Crippen LogP) is 2.09. The molecule has 0 fully saturated rings. The van der Waals surface area contributed by atoms with E-state index in [0.29, 0.717) is 0 Å². The van der Waals surface area contributed by atoms with Crippen molar-refractivity contribution in [1.29, 1.82) is 0 Å². The van der Waals surface area contributed by atoms with Crippen LogP contribution >= 0.6 is 0 Å². The van der Waals surface area contributed by atoms with E-state index < -0.39 is 17.6 Å². The quantitative estimate of drug-likeness (QED) is 0.909. The maximum Gasteiger partial charge on any atom is 0.416 e. The van der Waals surface area contributed by atoms with Gasteiger partial charge >= 0.3 is 6.18 Å². The molecule has 0 atom stereocenters. The van der Waals surface area contributed by atoms with E-state index in [9.17, 15) is 18.0 Å².